The highest BCUT2D eigenvalue weighted by molar-refractivity contribution is 6.33. The second-order valence-corrected chi connectivity index (χ2v) is 6.99. The Balaban J connectivity index is 1.47. The highest BCUT2D eigenvalue weighted by Crippen LogP contribution is 2.19. The van der Waals surface area contributed by atoms with Crippen LogP contribution in [0.2, 0.25) is 5.02 Å². The lowest BCUT2D eigenvalue weighted by Gasteiger charge is -2.16. The molecule has 1 aromatic carbocycles. The number of aromatic nitrogens is 2. The average molecular weight is 347 g/mol. The number of hydrogen-bond donors (Lipinski definition) is 1. The Morgan fingerprint density at radius 1 is 1.38 bits per heavy atom. The van der Waals surface area contributed by atoms with Gasteiger partial charge in [-0.05, 0) is 31.4 Å². The third-order valence-electron chi connectivity index (χ3n) is 4.45. The van der Waals surface area contributed by atoms with Crippen LogP contribution in [-0.4, -0.2) is 40.2 Å². The molecule has 2 aromatic rings. The van der Waals surface area contributed by atoms with Gasteiger partial charge < -0.3 is 5.32 Å². The Hall–Kier alpha value is -1.85. The molecule has 0 saturated carbocycles. The van der Waals surface area contributed by atoms with Gasteiger partial charge in [-0.1, -0.05) is 41.4 Å². The number of halogens is 1. The summed E-state index contributed by atoms with van der Waals surface area (Å²) in [6, 6.07) is 8.68. The molecule has 1 fully saturated rings. The number of carbonyl (C=O) groups is 1. The van der Waals surface area contributed by atoms with Gasteiger partial charge in [0.1, 0.15) is 0 Å². The maximum atomic E-state index is 12.2. The van der Waals surface area contributed by atoms with Crippen LogP contribution in [0.15, 0.2) is 30.5 Å². The molecule has 5 nitrogen and oxygen atoms in total. The molecule has 0 aliphatic carbocycles. The molecule has 1 N–H and O–H groups in total. The molecule has 0 spiro atoms. The zero-order chi connectivity index (χ0) is 17.1. The Kier molecular flexibility index (Phi) is 5.21. The summed E-state index contributed by atoms with van der Waals surface area (Å²) in [5, 5.41) is 7.45. The minimum atomic E-state index is -0.197. The quantitative estimate of drug-likeness (QED) is 0.905. The monoisotopic (exact) mass is 346 g/mol. The van der Waals surface area contributed by atoms with E-state index >= 15 is 0 Å². The number of benzene rings is 1. The van der Waals surface area contributed by atoms with Crippen molar-refractivity contribution in [2.45, 2.75) is 19.9 Å². The summed E-state index contributed by atoms with van der Waals surface area (Å²) >= 11 is 6.01. The van der Waals surface area contributed by atoms with Gasteiger partial charge in [0.15, 0.2) is 5.69 Å². The lowest BCUT2D eigenvalue weighted by atomic mass is 10.1. The van der Waals surface area contributed by atoms with Gasteiger partial charge in [0.25, 0.3) is 5.91 Å². The van der Waals surface area contributed by atoms with Gasteiger partial charge in [-0.15, -0.1) is 0 Å². The van der Waals surface area contributed by atoms with Crippen molar-refractivity contribution in [2.24, 2.45) is 13.0 Å². The molecule has 1 aromatic heterocycles. The molecule has 1 atom stereocenters. The van der Waals surface area contributed by atoms with E-state index in [2.05, 4.69) is 46.5 Å². The van der Waals surface area contributed by atoms with Crippen LogP contribution in [0.1, 0.15) is 28.0 Å². The third kappa shape index (κ3) is 4.16. The molecule has 1 amide bonds. The molecule has 1 aliphatic heterocycles. The largest absolute Gasteiger partial charge is 0.350 e. The lowest BCUT2D eigenvalue weighted by Crippen LogP contribution is -2.31. The van der Waals surface area contributed by atoms with E-state index in [4.69, 9.17) is 11.6 Å². The van der Waals surface area contributed by atoms with Gasteiger partial charge in [0, 0.05) is 32.9 Å². The van der Waals surface area contributed by atoms with Crippen molar-refractivity contribution < 1.29 is 4.79 Å². The van der Waals surface area contributed by atoms with Gasteiger partial charge in [0.2, 0.25) is 0 Å². The summed E-state index contributed by atoms with van der Waals surface area (Å²) in [5.74, 6) is 0.277. The van der Waals surface area contributed by atoms with Gasteiger partial charge >= 0.3 is 0 Å². The van der Waals surface area contributed by atoms with E-state index in [-0.39, 0.29) is 5.91 Å². The van der Waals surface area contributed by atoms with Crippen molar-refractivity contribution in [1.82, 2.24) is 20.0 Å². The van der Waals surface area contributed by atoms with E-state index in [9.17, 15) is 4.79 Å². The minimum Gasteiger partial charge on any atom is -0.350 e. The number of nitrogens with zero attached hydrogens (tertiary/aromatic N) is 3. The normalized spacial score (nSPS) is 18.0. The fourth-order valence-electron chi connectivity index (χ4n) is 3.11. The minimum absolute atomic E-state index is 0.197. The van der Waals surface area contributed by atoms with Crippen molar-refractivity contribution in [3.8, 4) is 0 Å². The summed E-state index contributed by atoms with van der Waals surface area (Å²) in [6.45, 7) is 5.81. The molecular weight excluding hydrogens is 324 g/mol. The zero-order valence-corrected chi connectivity index (χ0v) is 14.9. The molecule has 3 rings (SSSR count). The highest BCUT2D eigenvalue weighted by Gasteiger charge is 2.24. The van der Waals surface area contributed by atoms with Crippen LogP contribution in [0.4, 0.5) is 0 Å². The van der Waals surface area contributed by atoms with E-state index < -0.39 is 0 Å². The lowest BCUT2D eigenvalue weighted by molar-refractivity contribution is 0.0941. The van der Waals surface area contributed by atoms with E-state index in [1.54, 1.807) is 17.9 Å². The molecule has 2 heterocycles. The van der Waals surface area contributed by atoms with Crippen molar-refractivity contribution in [1.29, 1.82) is 0 Å². The Bertz CT molecular complexity index is 710. The van der Waals surface area contributed by atoms with E-state index in [0.717, 1.165) is 26.1 Å². The van der Waals surface area contributed by atoms with Crippen LogP contribution in [0.25, 0.3) is 0 Å². The van der Waals surface area contributed by atoms with Crippen LogP contribution < -0.4 is 5.32 Å². The Morgan fingerprint density at radius 3 is 2.79 bits per heavy atom. The smallest absolute Gasteiger partial charge is 0.273 e. The number of amides is 1. The van der Waals surface area contributed by atoms with Gasteiger partial charge in [0.05, 0.1) is 5.02 Å². The van der Waals surface area contributed by atoms with Crippen molar-refractivity contribution in [3.63, 3.8) is 0 Å². The summed E-state index contributed by atoms with van der Waals surface area (Å²) in [4.78, 5) is 14.6. The fourth-order valence-corrected chi connectivity index (χ4v) is 3.37. The summed E-state index contributed by atoms with van der Waals surface area (Å²) in [6.07, 6.45) is 2.73. The first kappa shape index (κ1) is 17.0. The molecule has 1 saturated heterocycles. The predicted molar refractivity (Wildman–Crippen MR) is 95.1 cm³/mol. The zero-order valence-electron chi connectivity index (χ0n) is 14.1. The Morgan fingerprint density at radius 2 is 2.12 bits per heavy atom. The number of nitrogens with one attached hydrogen (secondary N) is 1. The van der Waals surface area contributed by atoms with Crippen molar-refractivity contribution in [2.75, 3.05) is 19.6 Å². The first-order valence-corrected chi connectivity index (χ1v) is 8.64. The van der Waals surface area contributed by atoms with Crippen LogP contribution in [0.3, 0.4) is 0 Å². The maximum Gasteiger partial charge on any atom is 0.273 e. The average Bonchev–Trinajstić information content (AvgIpc) is 3.13. The first-order valence-electron chi connectivity index (χ1n) is 8.26. The van der Waals surface area contributed by atoms with Crippen molar-refractivity contribution >= 4 is 17.5 Å². The van der Waals surface area contributed by atoms with E-state index in [0.29, 0.717) is 23.2 Å². The van der Waals surface area contributed by atoms with Crippen LogP contribution in [-0.2, 0) is 13.6 Å². The van der Waals surface area contributed by atoms with Crippen LogP contribution in [0, 0.1) is 12.8 Å². The standard InChI is InChI=1S/C18H23ClN4O/c1-13-3-5-14(6-4-13)10-23-8-7-15(11-23)9-20-18(24)17-16(19)12-22(2)21-17/h3-6,12,15H,7-11H2,1-2H3,(H,20,24). The molecule has 0 radical (unpaired) electrons. The molecule has 24 heavy (non-hydrogen) atoms. The molecule has 1 unspecified atom stereocenters. The molecular formula is C18H23ClN4O. The summed E-state index contributed by atoms with van der Waals surface area (Å²) < 4.78 is 1.55. The van der Waals surface area contributed by atoms with Gasteiger partial charge in [-0.2, -0.15) is 5.10 Å². The summed E-state index contributed by atoms with van der Waals surface area (Å²) in [7, 11) is 1.75. The Labute approximate surface area is 147 Å². The predicted octanol–water partition coefficient (Wildman–Crippen LogP) is 2.63. The highest BCUT2D eigenvalue weighted by atomic mass is 35.5. The van der Waals surface area contributed by atoms with Crippen LogP contribution >= 0.6 is 11.6 Å². The van der Waals surface area contributed by atoms with Gasteiger partial charge in [-0.25, -0.2) is 0 Å². The summed E-state index contributed by atoms with van der Waals surface area (Å²) in [5.41, 5.74) is 2.92. The molecule has 6 heteroatoms. The van der Waals surface area contributed by atoms with Crippen molar-refractivity contribution in [3.05, 3.63) is 52.3 Å². The number of rotatable bonds is 5. The number of carbonyl (C=O) groups excluding carboxylic acids is 1. The number of aryl methyl sites for hydroxylation is 2. The van der Waals surface area contributed by atoms with Gasteiger partial charge in [-0.3, -0.25) is 14.4 Å². The van der Waals surface area contributed by atoms with Crippen LogP contribution in [0.5, 0.6) is 0 Å². The maximum absolute atomic E-state index is 12.2. The molecule has 0 bridgehead atoms. The molecule has 128 valence electrons. The first-order chi connectivity index (χ1) is 11.5. The van der Waals surface area contributed by atoms with E-state index in [1.807, 2.05) is 0 Å². The second kappa shape index (κ2) is 7.36. The number of hydrogen-bond acceptors (Lipinski definition) is 3. The number of likely N-dealkylation sites (tertiary alicyclic amines) is 1. The SMILES string of the molecule is Cc1ccc(CN2CCC(CNC(=O)c3nn(C)cc3Cl)C2)cc1. The topological polar surface area (TPSA) is 50.2 Å². The fraction of sp³-hybridized carbons (Fsp3) is 0.444. The second-order valence-electron chi connectivity index (χ2n) is 6.58. The van der Waals surface area contributed by atoms with E-state index in [1.165, 1.54) is 11.1 Å². The molecule has 1 aliphatic rings. The third-order valence-corrected chi connectivity index (χ3v) is 4.72.